The van der Waals surface area contributed by atoms with Crippen molar-refractivity contribution in [2.75, 3.05) is 13.7 Å². The Kier molecular flexibility index (Phi) is 12.2. The highest BCUT2D eigenvalue weighted by Gasteiger charge is 2.16. The summed E-state index contributed by atoms with van der Waals surface area (Å²) in [5.74, 6) is -0.991. The molecule has 0 aromatic carbocycles. The van der Waals surface area contributed by atoms with Gasteiger partial charge in [0.2, 0.25) is 0 Å². The van der Waals surface area contributed by atoms with Gasteiger partial charge in [-0.15, -0.1) is 0 Å². The first-order chi connectivity index (χ1) is 10.9. The first kappa shape index (κ1) is 21.6. The molecule has 0 rings (SSSR count). The van der Waals surface area contributed by atoms with Crippen molar-refractivity contribution in [3.05, 3.63) is 0 Å². The Bertz CT molecular complexity index is 366. The van der Waals surface area contributed by atoms with E-state index in [0.717, 1.165) is 25.7 Å². The molecule has 6 heteroatoms. The molecule has 0 saturated carbocycles. The van der Waals surface area contributed by atoms with Crippen LogP contribution in [0.1, 0.15) is 65.2 Å². The molecule has 23 heavy (non-hydrogen) atoms. The van der Waals surface area contributed by atoms with Crippen molar-refractivity contribution in [2.24, 2.45) is 5.92 Å². The number of methoxy groups -OCH3 is 1. The van der Waals surface area contributed by atoms with Crippen LogP contribution in [0.4, 0.5) is 0 Å². The zero-order chi connectivity index (χ0) is 17.7. The van der Waals surface area contributed by atoms with Crippen LogP contribution in [0.3, 0.4) is 0 Å². The Morgan fingerprint density at radius 1 is 1.00 bits per heavy atom. The normalized spacial score (nSPS) is 13.3. The zero-order valence-electron chi connectivity index (χ0n) is 14.5. The third kappa shape index (κ3) is 11.8. The largest absolute Gasteiger partial charge is 0.481 e. The maximum Gasteiger partial charge on any atom is 0.334 e. The summed E-state index contributed by atoms with van der Waals surface area (Å²) in [4.78, 5) is 33.4. The van der Waals surface area contributed by atoms with E-state index in [1.807, 2.05) is 0 Å². The predicted molar refractivity (Wildman–Crippen MR) is 86.2 cm³/mol. The number of esters is 1. The highest BCUT2D eigenvalue weighted by Crippen LogP contribution is 2.18. The van der Waals surface area contributed by atoms with Crippen LogP contribution in [0.15, 0.2) is 0 Å². The molecule has 134 valence electrons. The summed E-state index contributed by atoms with van der Waals surface area (Å²) in [6.45, 7) is 3.52. The average Bonchev–Trinajstić information content (AvgIpc) is 2.50. The number of carboxylic acid groups (broad SMARTS) is 1. The number of carbonyl (C=O) groups is 3. The van der Waals surface area contributed by atoms with Gasteiger partial charge in [-0.2, -0.15) is 0 Å². The third-order valence-corrected chi connectivity index (χ3v) is 3.89. The number of hydrogen-bond acceptors (Lipinski definition) is 5. The van der Waals surface area contributed by atoms with Crippen LogP contribution in [0.2, 0.25) is 0 Å². The van der Waals surface area contributed by atoms with Gasteiger partial charge >= 0.3 is 11.9 Å². The number of carboxylic acids is 1. The Morgan fingerprint density at radius 2 is 1.61 bits per heavy atom. The lowest BCUT2D eigenvalue weighted by Gasteiger charge is -2.14. The number of ketones is 1. The van der Waals surface area contributed by atoms with E-state index in [0.29, 0.717) is 25.9 Å². The molecule has 2 atom stereocenters. The number of carbonyl (C=O) groups excluding carboxylic acids is 2. The Balaban J connectivity index is 3.80. The van der Waals surface area contributed by atoms with E-state index >= 15 is 0 Å². The molecule has 2 unspecified atom stereocenters. The standard InChI is InChI=1S/C17H30O6/c1-13(18)15(9-6-4-5-7-11-16(19)20)10-8-12-23-17(21)14(2)22-3/h14-15H,4-12H2,1-3H3,(H,19,20). The van der Waals surface area contributed by atoms with Gasteiger partial charge in [-0.3, -0.25) is 9.59 Å². The maximum absolute atomic E-state index is 11.6. The second-order valence-corrected chi connectivity index (χ2v) is 5.84. The number of unbranched alkanes of at least 4 members (excludes halogenated alkanes) is 3. The summed E-state index contributed by atoms with van der Waals surface area (Å²) in [5, 5.41) is 8.55. The van der Waals surface area contributed by atoms with Gasteiger partial charge in [0.15, 0.2) is 6.10 Å². The highest BCUT2D eigenvalue weighted by molar-refractivity contribution is 5.78. The van der Waals surface area contributed by atoms with E-state index in [4.69, 9.17) is 14.6 Å². The van der Waals surface area contributed by atoms with Crippen LogP contribution in [0, 0.1) is 5.92 Å². The second kappa shape index (κ2) is 13.0. The highest BCUT2D eigenvalue weighted by atomic mass is 16.6. The lowest BCUT2D eigenvalue weighted by Crippen LogP contribution is -2.22. The maximum atomic E-state index is 11.6. The Labute approximate surface area is 138 Å². The van der Waals surface area contributed by atoms with Gasteiger partial charge in [0.05, 0.1) is 6.61 Å². The molecule has 0 aliphatic carbocycles. The number of ether oxygens (including phenoxy) is 2. The van der Waals surface area contributed by atoms with E-state index in [2.05, 4.69) is 0 Å². The fourth-order valence-electron chi connectivity index (χ4n) is 2.29. The molecule has 0 fully saturated rings. The van der Waals surface area contributed by atoms with Crippen LogP contribution in [-0.4, -0.2) is 42.6 Å². The smallest absolute Gasteiger partial charge is 0.334 e. The third-order valence-electron chi connectivity index (χ3n) is 3.89. The van der Waals surface area contributed by atoms with Crippen LogP contribution < -0.4 is 0 Å². The van der Waals surface area contributed by atoms with Gasteiger partial charge in [0, 0.05) is 19.4 Å². The van der Waals surface area contributed by atoms with Crippen molar-refractivity contribution in [3.8, 4) is 0 Å². The molecule has 0 saturated heterocycles. The molecule has 0 aliphatic heterocycles. The van der Waals surface area contributed by atoms with Crippen molar-refractivity contribution in [1.29, 1.82) is 0 Å². The first-order valence-corrected chi connectivity index (χ1v) is 8.30. The minimum Gasteiger partial charge on any atom is -0.481 e. The minimum absolute atomic E-state index is 0.00646. The fourth-order valence-corrected chi connectivity index (χ4v) is 2.29. The summed E-state index contributed by atoms with van der Waals surface area (Å²) >= 11 is 0. The quantitative estimate of drug-likeness (QED) is 0.389. The topological polar surface area (TPSA) is 89.9 Å². The van der Waals surface area contributed by atoms with E-state index < -0.39 is 12.1 Å². The molecule has 0 bridgehead atoms. The number of aliphatic carboxylic acids is 1. The van der Waals surface area contributed by atoms with Gasteiger partial charge in [0.1, 0.15) is 5.78 Å². The molecule has 0 aromatic heterocycles. The molecule has 6 nitrogen and oxygen atoms in total. The van der Waals surface area contributed by atoms with Gasteiger partial charge in [-0.25, -0.2) is 4.79 Å². The molecule has 0 spiro atoms. The van der Waals surface area contributed by atoms with Crippen molar-refractivity contribution < 1.29 is 29.0 Å². The molecule has 0 aromatic rings. The predicted octanol–water partition coefficient (Wildman–Crippen LogP) is 2.98. The second-order valence-electron chi connectivity index (χ2n) is 5.84. The summed E-state index contributed by atoms with van der Waals surface area (Å²) in [6, 6.07) is 0. The van der Waals surface area contributed by atoms with E-state index in [-0.39, 0.29) is 24.1 Å². The summed E-state index contributed by atoms with van der Waals surface area (Å²) in [7, 11) is 1.45. The minimum atomic E-state index is -0.760. The molecule has 1 N–H and O–H groups in total. The summed E-state index contributed by atoms with van der Waals surface area (Å²) in [6.07, 6.45) is 5.25. The van der Waals surface area contributed by atoms with Gasteiger partial charge in [-0.05, 0) is 39.5 Å². The van der Waals surface area contributed by atoms with Crippen LogP contribution in [0.25, 0.3) is 0 Å². The number of Topliss-reactive ketones (excluding diaryl/α,β-unsaturated/α-hetero) is 1. The molecule has 0 radical (unpaired) electrons. The Morgan fingerprint density at radius 3 is 2.17 bits per heavy atom. The SMILES string of the molecule is COC(C)C(=O)OCCCC(CCCCCCC(=O)O)C(C)=O. The average molecular weight is 330 g/mol. The van der Waals surface area contributed by atoms with E-state index in [9.17, 15) is 14.4 Å². The lowest BCUT2D eigenvalue weighted by molar-refractivity contribution is -0.154. The van der Waals surface area contributed by atoms with Gasteiger partial charge in [-0.1, -0.05) is 19.3 Å². The van der Waals surface area contributed by atoms with E-state index in [1.165, 1.54) is 7.11 Å². The number of rotatable bonds is 14. The molecule has 0 heterocycles. The Hall–Kier alpha value is -1.43. The summed E-state index contributed by atoms with van der Waals surface area (Å²) < 4.78 is 9.94. The molecule has 0 aliphatic rings. The van der Waals surface area contributed by atoms with E-state index in [1.54, 1.807) is 13.8 Å². The molecule has 0 amide bonds. The van der Waals surface area contributed by atoms with Crippen LogP contribution in [-0.2, 0) is 23.9 Å². The molecular weight excluding hydrogens is 300 g/mol. The van der Waals surface area contributed by atoms with Crippen molar-refractivity contribution in [2.45, 2.75) is 71.3 Å². The van der Waals surface area contributed by atoms with Gasteiger partial charge < -0.3 is 14.6 Å². The zero-order valence-corrected chi connectivity index (χ0v) is 14.5. The van der Waals surface area contributed by atoms with Crippen molar-refractivity contribution >= 4 is 17.7 Å². The van der Waals surface area contributed by atoms with Crippen LogP contribution in [0.5, 0.6) is 0 Å². The first-order valence-electron chi connectivity index (χ1n) is 8.30. The lowest BCUT2D eigenvalue weighted by atomic mass is 9.92. The van der Waals surface area contributed by atoms with Crippen molar-refractivity contribution in [1.82, 2.24) is 0 Å². The van der Waals surface area contributed by atoms with Crippen LogP contribution >= 0.6 is 0 Å². The summed E-state index contributed by atoms with van der Waals surface area (Å²) in [5.41, 5.74) is 0. The number of hydrogen-bond donors (Lipinski definition) is 1. The van der Waals surface area contributed by atoms with Crippen molar-refractivity contribution in [3.63, 3.8) is 0 Å². The molecular formula is C17H30O6. The fraction of sp³-hybridized carbons (Fsp3) is 0.824. The van der Waals surface area contributed by atoms with Gasteiger partial charge in [0.25, 0.3) is 0 Å². The monoisotopic (exact) mass is 330 g/mol.